The molecule has 126 valence electrons. The number of rotatable bonds is 6. The number of carboxylic acids is 1. The first-order valence-electron chi connectivity index (χ1n) is 8.22. The van der Waals surface area contributed by atoms with Gasteiger partial charge in [0.1, 0.15) is 5.60 Å². The second-order valence-corrected chi connectivity index (χ2v) is 5.88. The molecule has 25 heavy (non-hydrogen) atoms. The van der Waals surface area contributed by atoms with Gasteiger partial charge in [0, 0.05) is 0 Å². The molecule has 1 N–H and O–H groups in total. The SMILES string of the molecule is C[C@@H](OC(c1ccccc1)(c1ccccc1)c1ccccc1)C(=O)O. The minimum atomic E-state index is -0.998. The number of hydrogen-bond acceptors (Lipinski definition) is 2. The molecular weight excluding hydrogens is 312 g/mol. The summed E-state index contributed by atoms with van der Waals surface area (Å²) < 4.78 is 6.26. The molecule has 0 heterocycles. The summed E-state index contributed by atoms with van der Waals surface area (Å²) in [6.07, 6.45) is -0.972. The molecule has 0 amide bonds. The maximum atomic E-state index is 11.5. The Bertz CT molecular complexity index is 717. The maximum absolute atomic E-state index is 11.5. The quantitative estimate of drug-likeness (QED) is 0.678. The molecule has 0 saturated heterocycles. The van der Waals surface area contributed by atoms with Gasteiger partial charge in [-0.1, -0.05) is 91.0 Å². The minimum Gasteiger partial charge on any atom is -0.479 e. The van der Waals surface area contributed by atoms with Crippen LogP contribution in [-0.4, -0.2) is 17.2 Å². The molecule has 3 rings (SSSR count). The van der Waals surface area contributed by atoms with Crippen LogP contribution in [0.15, 0.2) is 91.0 Å². The zero-order valence-electron chi connectivity index (χ0n) is 14.0. The highest BCUT2D eigenvalue weighted by molar-refractivity contribution is 5.72. The molecule has 3 nitrogen and oxygen atoms in total. The molecule has 1 atom stereocenters. The molecule has 0 aromatic heterocycles. The van der Waals surface area contributed by atoms with Gasteiger partial charge in [-0.2, -0.15) is 0 Å². The third kappa shape index (κ3) is 3.32. The van der Waals surface area contributed by atoms with Gasteiger partial charge in [-0.25, -0.2) is 4.79 Å². The van der Waals surface area contributed by atoms with Crippen LogP contribution < -0.4 is 0 Å². The zero-order valence-corrected chi connectivity index (χ0v) is 14.0. The molecule has 0 bridgehead atoms. The molecule has 0 saturated carbocycles. The van der Waals surface area contributed by atoms with Crippen molar-refractivity contribution in [2.45, 2.75) is 18.6 Å². The zero-order chi connectivity index (χ0) is 17.7. The highest BCUT2D eigenvalue weighted by atomic mass is 16.5. The van der Waals surface area contributed by atoms with E-state index in [1.807, 2.05) is 91.0 Å². The molecule has 0 unspecified atom stereocenters. The van der Waals surface area contributed by atoms with Gasteiger partial charge in [0.05, 0.1) is 0 Å². The van der Waals surface area contributed by atoms with Gasteiger partial charge in [0.15, 0.2) is 6.10 Å². The Morgan fingerprint density at radius 3 is 1.36 bits per heavy atom. The summed E-state index contributed by atoms with van der Waals surface area (Å²) in [5, 5.41) is 9.46. The van der Waals surface area contributed by atoms with Crippen LogP contribution in [0.3, 0.4) is 0 Å². The lowest BCUT2D eigenvalue weighted by atomic mass is 9.80. The number of carbonyl (C=O) groups is 1. The molecule has 3 aromatic rings. The molecule has 0 aliphatic rings. The first kappa shape index (κ1) is 16.9. The van der Waals surface area contributed by atoms with Crippen molar-refractivity contribution in [3.05, 3.63) is 108 Å². The number of hydrogen-bond donors (Lipinski definition) is 1. The van der Waals surface area contributed by atoms with Crippen LogP contribution in [0.5, 0.6) is 0 Å². The lowest BCUT2D eigenvalue weighted by Gasteiger charge is -2.37. The summed E-state index contributed by atoms with van der Waals surface area (Å²) in [6, 6.07) is 29.2. The molecule has 0 radical (unpaired) electrons. The van der Waals surface area contributed by atoms with E-state index < -0.39 is 17.7 Å². The average molecular weight is 332 g/mol. The highest BCUT2D eigenvalue weighted by Gasteiger charge is 2.40. The van der Waals surface area contributed by atoms with Gasteiger partial charge in [-0.3, -0.25) is 0 Å². The van der Waals surface area contributed by atoms with Crippen molar-refractivity contribution < 1.29 is 14.6 Å². The maximum Gasteiger partial charge on any atom is 0.332 e. The normalized spacial score (nSPS) is 12.5. The molecule has 0 aliphatic heterocycles. The summed E-state index contributed by atoms with van der Waals surface area (Å²) in [5.74, 6) is -0.993. The van der Waals surface area contributed by atoms with Crippen LogP contribution >= 0.6 is 0 Å². The third-order valence-electron chi connectivity index (χ3n) is 4.24. The van der Waals surface area contributed by atoms with E-state index in [1.54, 1.807) is 6.92 Å². The van der Waals surface area contributed by atoms with Crippen molar-refractivity contribution in [3.8, 4) is 0 Å². The smallest absolute Gasteiger partial charge is 0.332 e. The Balaban J connectivity index is 2.29. The van der Waals surface area contributed by atoms with E-state index in [9.17, 15) is 9.90 Å². The van der Waals surface area contributed by atoms with Crippen LogP contribution in [0.1, 0.15) is 23.6 Å². The van der Waals surface area contributed by atoms with Gasteiger partial charge in [0.25, 0.3) is 0 Å². The number of aliphatic carboxylic acids is 1. The highest BCUT2D eigenvalue weighted by Crippen LogP contribution is 2.41. The molecule has 3 heteroatoms. The van der Waals surface area contributed by atoms with Gasteiger partial charge in [-0.15, -0.1) is 0 Å². The van der Waals surface area contributed by atoms with Crippen molar-refractivity contribution in [1.29, 1.82) is 0 Å². The van der Waals surface area contributed by atoms with E-state index in [-0.39, 0.29) is 0 Å². The topological polar surface area (TPSA) is 46.5 Å². The Hall–Kier alpha value is -2.91. The number of ether oxygens (including phenoxy) is 1. The standard InChI is InChI=1S/C22H20O3/c1-17(21(23)24)25-22(18-11-5-2-6-12-18,19-13-7-3-8-14-19)20-15-9-4-10-16-20/h2-17H,1H3,(H,23,24)/t17-/m1/s1. The van der Waals surface area contributed by atoms with Crippen LogP contribution in [0.2, 0.25) is 0 Å². The van der Waals surface area contributed by atoms with E-state index in [0.717, 1.165) is 16.7 Å². The molecule has 3 aromatic carbocycles. The first-order chi connectivity index (χ1) is 12.1. The average Bonchev–Trinajstić information content (AvgIpc) is 2.68. The first-order valence-corrected chi connectivity index (χ1v) is 8.22. The fourth-order valence-corrected chi connectivity index (χ4v) is 3.04. The monoisotopic (exact) mass is 332 g/mol. The van der Waals surface area contributed by atoms with Crippen molar-refractivity contribution >= 4 is 5.97 Å². The van der Waals surface area contributed by atoms with Crippen molar-refractivity contribution in [1.82, 2.24) is 0 Å². The lowest BCUT2D eigenvalue weighted by molar-refractivity contribution is -0.156. The predicted molar refractivity (Wildman–Crippen MR) is 97.4 cm³/mol. The Morgan fingerprint density at radius 2 is 1.08 bits per heavy atom. The van der Waals surface area contributed by atoms with Crippen molar-refractivity contribution in [3.63, 3.8) is 0 Å². The largest absolute Gasteiger partial charge is 0.479 e. The second kappa shape index (κ2) is 7.32. The molecule has 0 fully saturated rings. The third-order valence-corrected chi connectivity index (χ3v) is 4.24. The fourth-order valence-electron chi connectivity index (χ4n) is 3.04. The summed E-state index contributed by atoms with van der Waals surface area (Å²) in [5.41, 5.74) is 1.67. The second-order valence-electron chi connectivity index (χ2n) is 5.88. The van der Waals surface area contributed by atoms with Gasteiger partial charge < -0.3 is 9.84 Å². The van der Waals surface area contributed by atoms with Crippen LogP contribution in [-0.2, 0) is 15.1 Å². The Kier molecular flexibility index (Phi) is 4.96. The fraction of sp³-hybridized carbons (Fsp3) is 0.136. The molecular formula is C22H20O3. The summed E-state index contributed by atoms with van der Waals surface area (Å²) in [4.78, 5) is 11.5. The van der Waals surface area contributed by atoms with E-state index in [0.29, 0.717) is 0 Å². The van der Waals surface area contributed by atoms with Crippen LogP contribution in [0, 0.1) is 0 Å². The van der Waals surface area contributed by atoms with E-state index in [1.165, 1.54) is 0 Å². The summed E-state index contributed by atoms with van der Waals surface area (Å²) in [7, 11) is 0. The van der Waals surface area contributed by atoms with Crippen LogP contribution in [0.25, 0.3) is 0 Å². The summed E-state index contributed by atoms with van der Waals surface area (Å²) in [6.45, 7) is 1.56. The molecule has 0 aliphatic carbocycles. The van der Waals surface area contributed by atoms with Gasteiger partial charge >= 0.3 is 5.97 Å². The minimum absolute atomic E-state index is 0.889. The van der Waals surface area contributed by atoms with Crippen molar-refractivity contribution in [2.24, 2.45) is 0 Å². The van der Waals surface area contributed by atoms with E-state index in [4.69, 9.17) is 4.74 Å². The van der Waals surface area contributed by atoms with Crippen LogP contribution in [0.4, 0.5) is 0 Å². The van der Waals surface area contributed by atoms with Crippen molar-refractivity contribution in [2.75, 3.05) is 0 Å². The predicted octanol–water partition coefficient (Wildman–Crippen LogP) is 4.47. The lowest BCUT2D eigenvalue weighted by Crippen LogP contribution is -2.38. The van der Waals surface area contributed by atoms with Gasteiger partial charge in [-0.05, 0) is 23.6 Å². The molecule has 0 spiro atoms. The Labute approximate surface area is 147 Å². The number of benzene rings is 3. The Morgan fingerprint density at radius 1 is 0.760 bits per heavy atom. The van der Waals surface area contributed by atoms with E-state index in [2.05, 4.69) is 0 Å². The van der Waals surface area contributed by atoms with Gasteiger partial charge in [0.2, 0.25) is 0 Å². The number of carboxylic acid groups (broad SMARTS) is 1. The van der Waals surface area contributed by atoms with E-state index >= 15 is 0 Å². The summed E-state index contributed by atoms with van der Waals surface area (Å²) >= 11 is 0.